The van der Waals surface area contributed by atoms with Crippen molar-refractivity contribution in [1.29, 1.82) is 0 Å². The summed E-state index contributed by atoms with van der Waals surface area (Å²) in [6.45, 7) is 4.35. The molecule has 0 spiro atoms. The van der Waals surface area contributed by atoms with E-state index in [0.717, 1.165) is 5.56 Å². The lowest BCUT2D eigenvalue weighted by Crippen LogP contribution is -2.36. The third kappa shape index (κ3) is 4.07. The Hall–Kier alpha value is -2.40. The molecule has 0 unspecified atom stereocenters. The van der Waals surface area contributed by atoms with Crippen LogP contribution in [0.1, 0.15) is 29.8 Å². The minimum atomic E-state index is -0.608. The molecular formula is C17H17ClN2O3. The van der Waals surface area contributed by atoms with Crippen LogP contribution < -0.4 is 5.32 Å². The molecule has 1 amide bonds. The van der Waals surface area contributed by atoms with Crippen molar-refractivity contribution in [3.63, 3.8) is 0 Å². The normalized spacial score (nSPS) is 11.1. The summed E-state index contributed by atoms with van der Waals surface area (Å²) >= 11 is 5.76. The van der Waals surface area contributed by atoms with Crippen molar-refractivity contribution in [1.82, 2.24) is 5.32 Å². The summed E-state index contributed by atoms with van der Waals surface area (Å²) in [5, 5.41) is 14.1. The number of nitro groups is 1. The highest BCUT2D eigenvalue weighted by molar-refractivity contribution is 6.31. The Labute approximate surface area is 139 Å². The summed E-state index contributed by atoms with van der Waals surface area (Å²) in [6.07, 6.45) is 0. The van der Waals surface area contributed by atoms with E-state index in [4.69, 9.17) is 11.6 Å². The van der Waals surface area contributed by atoms with Gasteiger partial charge >= 0.3 is 0 Å². The third-order valence-corrected chi connectivity index (χ3v) is 3.88. The van der Waals surface area contributed by atoms with Crippen molar-refractivity contribution in [2.45, 2.75) is 19.3 Å². The second-order valence-corrected chi connectivity index (χ2v) is 6.29. The molecule has 6 heteroatoms. The molecule has 1 N–H and O–H groups in total. The molecule has 0 saturated heterocycles. The van der Waals surface area contributed by atoms with Crippen molar-refractivity contribution in [3.8, 4) is 0 Å². The number of hydrogen-bond donors (Lipinski definition) is 1. The van der Waals surface area contributed by atoms with Gasteiger partial charge < -0.3 is 5.32 Å². The molecular weight excluding hydrogens is 316 g/mol. The van der Waals surface area contributed by atoms with Gasteiger partial charge in [-0.1, -0.05) is 55.8 Å². The van der Waals surface area contributed by atoms with Crippen LogP contribution in [0.3, 0.4) is 0 Å². The molecule has 0 bridgehead atoms. The molecule has 0 aromatic heterocycles. The Bertz CT molecular complexity index is 730. The fraction of sp³-hybridized carbons (Fsp3) is 0.235. The second kappa shape index (κ2) is 6.79. The van der Waals surface area contributed by atoms with Gasteiger partial charge in [-0.25, -0.2) is 0 Å². The average Bonchev–Trinajstić information content (AvgIpc) is 2.53. The first-order chi connectivity index (χ1) is 10.8. The van der Waals surface area contributed by atoms with E-state index in [1.807, 2.05) is 44.2 Å². The van der Waals surface area contributed by atoms with E-state index in [1.54, 1.807) is 0 Å². The summed E-state index contributed by atoms with van der Waals surface area (Å²) in [5.74, 6) is -0.489. The number of nitrogens with one attached hydrogen (secondary N) is 1. The maximum absolute atomic E-state index is 12.3. The fourth-order valence-corrected chi connectivity index (χ4v) is 2.40. The number of hydrogen-bond acceptors (Lipinski definition) is 3. The first kappa shape index (κ1) is 17.0. The lowest BCUT2D eigenvalue weighted by molar-refractivity contribution is -0.385. The zero-order valence-electron chi connectivity index (χ0n) is 12.9. The molecule has 0 saturated carbocycles. The van der Waals surface area contributed by atoms with Crippen LogP contribution in [0.2, 0.25) is 5.02 Å². The number of benzene rings is 2. The number of carbonyl (C=O) groups excluding carboxylic acids is 1. The van der Waals surface area contributed by atoms with Gasteiger partial charge in [0.05, 0.1) is 4.92 Å². The van der Waals surface area contributed by atoms with E-state index in [9.17, 15) is 14.9 Å². The molecule has 23 heavy (non-hydrogen) atoms. The van der Waals surface area contributed by atoms with Gasteiger partial charge in [0, 0.05) is 23.0 Å². The van der Waals surface area contributed by atoms with Gasteiger partial charge in [-0.3, -0.25) is 14.9 Å². The number of nitrogens with zero attached hydrogens (tertiary/aromatic N) is 1. The summed E-state index contributed by atoms with van der Waals surface area (Å²) in [4.78, 5) is 22.8. The average molecular weight is 333 g/mol. The van der Waals surface area contributed by atoms with Crippen LogP contribution >= 0.6 is 11.6 Å². The molecule has 2 rings (SSSR count). The van der Waals surface area contributed by atoms with E-state index in [0.29, 0.717) is 6.54 Å². The molecule has 5 nitrogen and oxygen atoms in total. The summed E-state index contributed by atoms with van der Waals surface area (Å²) in [7, 11) is 0. The van der Waals surface area contributed by atoms with Crippen molar-refractivity contribution in [2.24, 2.45) is 0 Å². The number of carbonyl (C=O) groups is 1. The highest BCUT2D eigenvalue weighted by Gasteiger charge is 2.24. The van der Waals surface area contributed by atoms with E-state index >= 15 is 0 Å². The number of amides is 1. The molecule has 0 radical (unpaired) electrons. The van der Waals surface area contributed by atoms with Crippen molar-refractivity contribution >= 4 is 23.2 Å². The zero-order valence-corrected chi connectivity index (χ0v) is 13.6. The predicted octanol–water partition coefficient (Wildman–Crippen LogP) is 3.96. The Kier molecular flexibility index (Phi) is 5.01. The fourth-order valence-electron chi connectivity index (χ4n) is 2.24. The Balaban J connectivity index is 2.16. The molecule has 2 aromatic rings. The summed E-state index contributed by atoms with van der Waals surface area (Å²) in [5.41, 5.74) is 0.486. The molecule has 0 atom stereocenters. The van der Waals surface area contributed by atoms with Gasteiger partial charge in [0.15, 0.2) is 0 Å². The van der Waals surface area contributed by atoms with Crippen LogP contribution in [0.25, 0.3) is 0 Å². The minimum Gasteiger partial charge on any atom is -0.351 e. The van der Waals surface area contributed by atoms with E-state index in [1.165, 1.54) is 18.2 Å². The van der Waals surface area contributed by atoms with Gasteiger partial charge in [0.2, 0.25) is 0 Å². The van der Waals surface area contributed by atoms with Gasteiger partial charge in [-0.15, -0.1) is 0 Å². The first-order valence-electron chi connectivity index (χ1n) is 7.09. The maximum atomic E-state index is 12.3. The standard InChI is InChI=1S/C17H17ClN2O3/c1-17(2,12-6-4-3-5-7-12)11-19-16(21)14-9-8-13(18)10-15(14)20(22)23/h3-10H,11H2,1-2H3,(H,19,21). The summed E-state index contributed by atoms with van der Waals surface area (Å²) < 4.78 is 0. The molecule has 0 aliphatic carbocycles. The Morgan fingerprint density at radius 2 is 1.87 bits per heavy atom. The zero-order chi connectivity index (χ0) is 17.0. The van der Waals surface area contributed by atoms with Crippen molar-refractivity contribution < 1.29 is 9.72 Å². The maximum Gasteiger partial charge on any atom is 0.283 e. The van der Waals surface area contributed by atoms with Gasteiger partial charge in [0.25, 0.3) is 11.6 Å². The first-order valence-corrected chi connectivity index (χ1v) is 7.47. The van der Waals surface area contributed by atoms with Crippen molar-refractivity contribution in [3.05, 3.63) is 74.8 Å². The SMILES string of the molecule is CC(C)(CNC(=O)c1ccc(Cl)cc1[N+](=O)[O-])c1ccccc1. The second-order valence-electron chi connectivity index (χ2n) is 5.85. The van der Waals surface area contributed by atoms with Crippen LogP contribution in [0.15, 0.2) is 48.5 Å². The van der Waals surface area contributed by atoms with E-state index in [-0.39, 0.29) is 21.7 Å². The minimum absolute atomic E-state index is 0.00302. The number of rotatable bonds is 5. The highest BCUT2D eigenvalue weighted by atomic mass is 35.5. The number of halogens is 1. The topological polar surface area (TPSA) is 72.2 Å². The highest BCUT2D eigenvalue weighted by Crippen LogP contribution is 2.25. The lowest BCUT2D eigenvalue weighted by atomic mass is 9.84. The Morgan fingerprint density at radius 3 is 2.48 bits per heavy atom. The third-order valence-electron chi connectivity index (χ3n) is 3.65. The molecule has 0 aliphatic rings. The van der Waals surface area contributed by atoms with Gasteiger partial charge in [-0.05, 0) is 17.7 Å². The van der Waals surface area contributed by atoms with Crippen LogP contribution in [0, 0.1) is 10.1 Å². The van der Waals surface area contributed by atoms with Crippen LogP contribution in [-0.4, -0.2) is 17.4 Å². The van der Waals surface area contributed by atoms with E-state index in [2.05, 4.69) is 5.32 Å². The molecule has 0 fully saturated rings. The molecule has 120 valence electrons. The van der Waals surface area contributed by atoms with Gasteiger partial charge in [0.1, 0.15) is 5.56 Å². The van der Waals surface area contributed by atoms with Crippen LogP contribution in [-0.2, 0) is 5.41 Å². The van der Waals surface area contributed by atoms with Gasteiger partial charge in [-0.2, -0.15) is 0 Å². The predicted molar refractivity (Wildman–Crippen MR) is 89.9 cm³/mol. The lowest BCUT2D eigenvalue weighted by Gasteiger charge is -2.25. The molecule has 0 aliphatic heterocycles. The largest absolute Gasteiger partial charge is 0.351 e. The molecule has 0 heterocycles. The summed E-state index contributed by atoms with van der Waals surface area (Å²) in [6, 6.07) is 13.8. The van der Waals surface area contributed by atoms with Crippen LogP contribution in [0.4, 0.5) is 5.69 Å². The van der Waals surface area contributed by atoms with Crippen molar-refractivity contribution in [2.75, 3.05) is 6.54 Å². The number of nitro benzene ring substituents is 1. The monoisotopic (exact) mass is 332 g/mol. The quantitative estimate of drug-likeness (QED) is 0.665. The Morgan fingerprint density at radius 1 is 1.22 bits per heavy atom. The van der Waals surface area contributed by atoms with E-state index < -0.39 is 10.8 Å². The molecule has 2 aromatic carbocycles. The van der Waals surface area contributed by atoms with Crippen LogP contribution in [0.5, 0.6) is 0 Å². The smallest absolute Gasteiger partial charge is 0.283 e.